The summed E-state index contributed by atoms with van der Waals surface area (Å²) in [6, 6.07) is 8.24. The summed E-state index contributed by atoms with van der Waals surface area (Å²) in [6.45, 7) is 0. The Labute approximate surface area is 145 Å². The van der Waals surface area contributed by atoms with Crippen molar-refractivity contribution in [2.75, 3.05) is 0 Å². The molecule has 1 aromatic carbocycles. The third-order valence-electron chi connectivity index (χ3n) is 4.08. The lowest BCUT2D eigenvalue weighted by Crippen LogP contribution is -1.99. The molecule has 0 bridgehead atoms. The van der Waals surface area contributed by atoms with Crippen LogP contribution in [0.5, 0.6) is 0 Å². The number of rotatable bonds is 9. The number of H-pyrrole nitrogens is 1. The van der Waals surface area contributed by atoms with Crippen molar-refractivity contribution in [3.05, 3.63) is 60.1 Å². The van der Waals surface area contributed by atoms with Gasteiger partial charge in [-0.2, -0.15) is 0 Å². The number of carbonyl (C=O) groups excluding carboxylic acids is 1. The summed E-state index contributed by atoms with van der Waals surface area (Å²) in [5.74, 6) is 0.626. The van der Waals surface area contributed by atoms with E-state index >= 15 is 0 Å². The number of unbranched alkanes of at least 4 members (excludes halogenated alkanes) is 3. The summed E-state index contributed by atoms with van der Waals surface area (Å²) in [7, 11) is 0. The van der Waals surface area contributed by atoms with E-state index in [1.54, 1.807) is 30.5 Å². The van der Waals surface area contributed by atoms with Crippen LogP contribution in [0.4, 0.5) is 4.39 Å². The third-order valence-corrected chi connectivity index (χ3v) is 4.08. The molecule has 6 heteroatoms. The van der Waals surface area contributed by atoms with Gasteiger partial charge in [-0.25, -0.2) is 9.37 Å². The van der Waals surface area contributed by atoms with Gasteiger partial charge in [-0.15, -0.1) is 0 Å². The number of ketones is 1. The van der Waals surface area contributed by atoms with E-state index in [0.29, 0.717) is 23.4 Å². The van der Waals surface area contributed by atoms with Gasteiger partial charge in [0.15, 0.2) is 5.78 Å². The van der Waals surface area contributed by atoms with Crippen LogP contribution in [0.25, 0.3) is 11.3 Å². The smallest absolute Gasteiger partial charge is 0.184 e. The van der Waals surface area contributed by atoms with Crippen LogP contribution in [0.1, 0.15) is 48.4 Å². The maximum absolute atomic E-state index is 13.8. The van der Waals surface area contributed by atoms with Gasteiger partial charge in [0.05, 0.1) is 11.9 Å². The van der Waals surface area contributed by atoms with Crippen LogP contribution in [-0.4, -0.2) is 20.9 Å². The van der Waals surface area contributed by atoms with Crippen molar-refractivity contribution in [3.8, 4) is 11.3 Å². The Morgan fingerprint density at radius 1 is 1.12 bits per heavy atom. The summed E-state index contributed by atoms with van der Waals surface area (Å²) < 4.78 is 18.4. The van der Waals surface area contributed by atoms with Crippen molar-refractivity contribution in [2.24, 2.45) is 0 Å². The first kappa shape index (κ1) is 17.1. The summed E-state index contributed by atoms with van der Waals surface area (Å²) in [6.07, 6.45) is 8.19. The van der Waals surface area contributed by atoms with Crippen LogP contribution in [-0.2, 0) is 6.42 Å². The third kappa shape index (κ3) is 4.62. The molecule has 0 aliphatic rings. The number of hydrogen-bond donors (Lipinski definition) is 1. The molecule has 0 spiro atoms. The average molecular weight is 341 g/mol. The molecule has 130 valence electrons. The molecule has 25 heavy (non-hydrogen) atoms. The minimum absolute atomic E-state index is 0.0225. The van der Waals surface area contributed by atoms with Crippen LogP contribution in [0.15, 0.2) is 47.3 Å². The first-order valence-corrected chi connectivity index (χ1v) is 8.46. The second-order valence-corrected chi connectivity index (χ2v) is 5.95. The fourth-order valence-corrected chi connectivity index (χ4v) is 2.72. The van der Waals surface area contributed by atoms with E-state index in [1.165, 1.54) is 12.3 Å². The van der Waals surface area contributed by atoms with Gasteiger partial charge >= 0.3 is 0 Å². The number of nitrogens with zero attached hydrogens (tertiary/aromatic N) is 2. The number of nitrogens with one attached hydrogen (secondary N) is 1. The Hall–Kier alpha value is -2.76. The number of aromatic amines is 1. The lowest BCUT2D eigenvalue weighted by atomic mass is 10.1. The van der Waals surface area contributed by atoms with Crippen molar-refractivity contribution in [2.45, 2.75) is 38.5 Å². The van der Waals surface area contributed by atoms with Crippen LogP contribution in [0.3, 0.4) is 0 Å². The van der Waals surface area contributed by atoms with Crippen molar-refractivity contribution in [1.82, 2.24) is 15.1 Å². The van der Waals surface area contributed by atoms with Gasteiger partial charge in [0.1, 0.15) is 23.6 Å². The quantitative estimate of drug-likeness (QED) is 0.457. The molecule has 0 saturated carbocycles. The second kappa shape index (κ2) is 8.37. The number of aromatic nitrogens is 3. The first-order valence-electron chi connectivity index (χ1n) is 8.46. The fourth-order valence-electron chi connectivity index (χ4n) is 2.72. The van der Waals surface area contributed by atoms with Gasteiger partial charge in [0, 0.05) is 24.5 Å². The highest BCUT2D eigenvalue weighted by Gasteiger charge is 2.09. The highest BCUT2D eigenvalue weighted by atomic mass is 19.1. The van der Waals surface area contributed by atoms with Crippen LogP contribution in [0, 0.1) is 5.82 Å². The van der Waals surface area contributed by atoms with Crippen molar-refractivity contribution >= 4 is 5.78 Å². The molecule has 0 fully saturated rings. The molecule has 0 aliphatic heterocycles. The SMILES string of the molecule is O=C(CCCCCCc1ncc(-c2ccccc2F)[nH]1)c1ccon1. The molecule has 0 saturated heterocycles. The Morgan fingerprint density at radius 3 is 2.76 bits per heavy atom. The second-order valence-electron chi connectivity index (χ2n) is 5.95. The Balaban J connectivity index is 1.37. The van der Waals surface area contributed by atoms with Gasteiger partial charge in [-0.3, -0.25) is 4.79 Å². The van der Waals surface area contributed by atoms with Gasteiger partial charge in [-0.1, -0.05) is 30.1 Å². The number of imidazole rings is 1. The Kier molecular flexibility index (Phi) is 5.72. The molecule has 0 aliphatic carbocycles. The highest BCUT2D eigenvalue weighted by Crippen LogP contribution is 2.20. The van der Waals surface area contributed by atoms with E-state index in [2.05, 4.69) is 19.6 Å². The minimum Gasteiger partial charge on any atom is -0.364 e. The fraction of sp³-hybridized carbons (Fsp3) is 0.316. The number of carbonyl (C=O) groups is 1. The van der Waals surface area contributed by atoms with E-state index in [4.69, 9.17) is 0 Å². The van der Waals surface area contributed by atoms with Crippen LogP contribution >= 0.6 is 0 Å². The average Bonchev–Trinajstić information content (AvgIpc) is 3.30. The summed E-state index contributed by atoms with van der Waals surface area (Å²) >= 11 is 0. The topological polar surface area (TPSA) is 71.8 Å². The normalized spacial score (nSPS) is 10.9. The molecule has 0 radical (unpaired) electrons. The predicted octanol–water partition coefficient (Wildman–Crippen LogP) is 4.58. The van der Waals surface area contributed by atoms with Crippen molar-refractivity contribution in [1.29, 1.82) is 0 Å². The van der Waals surface area contributed by atoms with Gasteiger partial charge in [-0.05, 0) is 25.0 Å². The van der Waals surface area contributed by atoms with E-state index < -0.39 is 0 Å². The lowest BCUT2D eigenvalue weighted by molar-refractivity contribution is 0.0970. The number of halogens is 1. The van der Waals surface area contributed by atoms with Crippen LogP contribution < -0.4 is 0 Å². The van der Waals surface area contributed by atoms with Gasteiger partial charge in [0.2, 0.25) is 0 Å². The van der Waals surface area contributed by atoms with Crippen LogP contribution in [0.2, 0.25) is 0 Å². The zero-order chi connectivity index (χ0) is 17.5. The zero-order valence-electron chi connectivity index (χ0n) is 13.9. The molecule has 2 heterocycles. The number of hydrogen-bond acceptors (Lipinski definition) is 4. The number of aryl methyl sites for hydroxylation is 1. The number of benzene rings is 1. The van der Waals surface area contributed by atoms with Gasteiger partial charge < -0.3 is 9.51 Å². The Bertz CT molecular complexity index is 812. The molecule has 0 unspecified atom stereocenters. The summed E-state index contributed by atoms with van der Waals surface area (Å²) in [4.78, 5) is 19.2. The molecule has 5 nitrogen and oxygen atoms in total. The Morgan fingerprint density at radius 2 is 1.96 bits per heavy atom. The predicted molar refractivity (Wildman–Crippen MR) is 91.6 cm³/mol. The zero-order valence-corrected chi connectivity index (χ0v) is 13.9. The lowest BCUT2D eigenvalue weighted by Gasteiger charge is -2.00. The first-order chi connectivity index (χ1) is 12.2. The van der Waals surface area contributed by atoms with E-state index in [-0.39, 0.29) is 11.6 Å². The molecule has 0 amide bonds. The highest BCUT2D eigenvalue weighted by molar-refractivity contribution is 5.93. The monoisotopic (exact) mass is 341 g/mol. The number of Topliss-reactive ketones (excluding diaryl/α,β-unsaturated/α-hetero) is 1. The molecule has 1 N–H and O–H groups in total. The summed E-state index contributed by atoms with van der Waals surface area (Å²) in [5, 5.41) is 3.64. The van der Waals surface area contributed by atoms with Gasteiger partial charge in [0.25, 0.3) is 0 Å². The van der Waals surface area contributed by atoms with Crippen molar-refractivity contribution < 1.29 is 13.7 Å². The molecule has 0 atom stereocenters. The van der Waals surface area contributed by atoms with Crippen molar-refractivity contribution in [3.63, 3.8) is 0 Å². The standard InChI is InChI=1S/C19H20FN3O2/c20-15-8-6-5-7-14(15)17-13-21-19(22-17)10-4-2-1-3-9-18(24)16-11-12-25-23-16/h5-8,11-13H,1-4,9-10H2,(H,21,22). The molecular formula is C19H20FN3O2. The maximum Gasteiger partial charge on any atom is 0.184 e. The van der Waals surface area contributed by atoms with E-state index in [9.17, 15) is 9.18 Å². The molecule has 3 rings (SSSR count). The summed E-state index contributed by atoms with van der Waals surface area (Å²) in [5.41, 5.74) is 1.63. The largest absolute Gasteiger partial charge is 0.364 e. The maximum atomic E-state index is 13.8. The molecular weight excluding hydrogens is 321 g/mol. The minimum atomic E-state index is -0.255. The van der Waals surface area contributed by atoms with E-state index in [1.807, 2.05) is 0 Å². The molecule has 2 aromatic heterocycles. The van der Waals surface area contributed by atoms with E-state index in [0.717, 1.165) is 37.9 Å². The molecule has 3 aromatic rings.